The number of methoxy groups -OCH3 is 1. The second-order valence-electron chi connectivity index (χ2n) is 4.23. The molecule has 1 amide bonds. The largest absolute Gasteiger partial charge is 0.496 e. The van der Waals surface area contributed by atoms with E-state index in [0.29, 0.717) is 27.0 Å². The lowest BCUT2D eigenvalue weighted by molar-refractivity contribution is 0.0975. The molecule has 0 aliphatic heterocycles. The molecule has 0 spiro atoms. The summed E-state index contributed by atoms with van der Waals surface area (Å²) < 4.78 is 5.14. The summed E-state index contributed by atoms with van der Waals surface area (Å²) in [7, 11) is 1.50. The van der Waals surface area contributed by atoms with E-state index in [0.717, 1.165) is 0 Å². The predicted molar refractivity (Wildman–Crippen MR) is 93.1 cm³/mol. The van der Waals surface area contributed by atoms with Gasteiger partial charge >= 0.3 is 0 Å². The monoisotopic (exact) mass is 354 g/mol. The van der Waals surface area contributed by atoms with Gasteiger partial charge in [0.1, 0.15) is 5.75 Å². The zero-order chi connectivity index (χ0) is 16.1. The van der Waals surface area contributed by atoms with Crippen LogP contribution < -0.4 is 15.4 Å². The van der Waals surface area contributed by atoms with E-state index in [1.165, 1.54) is 7.11 Å². The zero-order valence-corrected chi connectivity index (χ0v) is 13.9. The molecule has 0 radical (unpaired) electrons. The first-order valence-electron chi connectivity index (χ1n) is 6.21. The molecule has 22 heavy (non-hydrogen) atoms. The van der Waals surface area contributed by atoms with Crippen molar-refractivity contribution in [1.29, 1.82) is 0 Å². The van der Waals surface area contributed by atoms with Crippen LogP contribution in [0.3, 0.4) is 0 Å². The summed E-state index contributed by atoms with van der Waals surface area (Å²) >= 11 is 17.0. The Morgan fingerprint density at radius 2 is 1.91 bits per heavy atom. The van der Waals surface area contributed by atoms with Gasteiger partial charge in [0.25, 0.3) is 5.91 Å². The first kappa shape index (κ1) is 16.5. The number of carbonyl (C=O) groups excluding carboxylic acids is 1. The highest BCUT2D eigenvalue weighted by atomic mass is 35.5. The molecule has 0 fully saturated rings. The van der Waals surface area contributed by atoms with Crippen molar-refractivity contribution in [2.45, 2.75) is 0 Å². The lowest BCUT2D eigenvalue weighted by Crippen LogP contribution is -2.34. The fraction of sp³-hybridized carbons (Fsp3) is 0.0667. The van der Waals surface area contributed by atoms with Gasteiger partial charge < -0.3 is 10.1 Å². The van der Waals surface area contributed by atoms with E-state index in [1.54, 1.807) is 42.5 Å². The van der Waals surface area contributed by atoms with Crippen LogP contribution in [-0.4, -0.2) is 18.1 Å². The molecule has 0 saturated carbocycles. The molecule has 0 unspecified atom stereocenters. The molecular formula is C15H12Cl2N2O2S. The first-order valence-corrected chi connectivity index (χ1v) is 7.38. The number of nitrogens with one attached hydrogen (secondary N) is 2. The van der Waals surface area contributed by atoms with Crippen LogP contribution in [-0.2, 0) is 0 Å². The Bertz CT molecular complexity index is 722. The summed E-state index contributed by atoms with van der Waals surface area (Å²) in [5, 5.41) is 6.46. The fourth-order valence-electron chi connectivity index (χ4n) is 1.75. The molecule has 0 saturated heterocycles. The number of rotatable bonds is 3. The van der Waals surface area contributed by atoms with Gasteiger partial charge in [-0.3, -0.25) is 10.1 Å². The number of hydrogen-bond acceptors (Lipinski definition) is 3. The first-order chi connectivity index (χ1) is 10.5. The number of ether oxygens (including phenoxy) is 1. The Morgan fingerprint density at radius 1 is 1.18 bits per heavy atom. The van der Waals surface area contributed by atoms with Gasteiger partial charge in [0, 0.05) is 5.02 Å². The van der Waals surface area contributed by atoms with Crippen molar-refractivity contribution >= 4 is 52.1 Å². The average Bonchev–Trinajstić information content (AvgIpc) is 2.50. The van der Waals surface area contributed by atoms with E-state index in [-0.39, 0.29) is 11.0 Å². The molecule has 7 heteroatoms. The summed E-state index contributed by atoms with van der Waals surface area (Å²) in [5.41, 5.74) is 0.938. The minimum absolute atomic E-state index is 0.125. The normalized spacial score (nSPS) is 9.95. The summed E-state index contributed by atoms with van der Waals surface area (Å²) in [6.07, 6.45) is 0. The Labute approximate surface area is 143 Å². The van der Waals surface area contributed by atoms with Crippen LogP contribution in [0.2, 0.25) is 10.0 Å². The number of halogens is 2. The third-order valence-electron chi connectivity index (χ3n) is 2.76. The Balaban J connectivity index is 2.07. The van der Waals surface area contributed by atoms with E-state index < -0.39 is 0 Å². The van der Waals surface area contributed by atoms with Crippen molar-refractivity contribution < 1.29 is 9.53 Å². The minimum Gasteiger partial charge on any atom is -0.496 e. The van der Waals surface area contributed by atoms with Crippen LogP contribution in [0.15, 0.2) is 42.5 Å². The second-order valence-corrected chi connectivity index (χ2v) is 5.48. The molecule has 4 nitrogen and oxygen atoms in total. The molecule has 0 aliphatic carbocycles. The number of hydrogen-bond donors (Lipinski definition) is 2. The number of para-hydroxylation sites is 1. The molecule has 2 rings (SSSR count). The van der Waals surface area contributed by atoms with E-state index >= 15 is 0 Å². The highest BCUT2D eigenvalue weighted by Gasteiger charge is 2.13. The maximum Gasteiger partial charge on any atom is 0.261 e. The smallest absolute Gasteiger partial charge is 0.261 e. The quantitative estimate of drug-likeness (QED) is 0.813. The second kappa shape index (κ2) is 7.45. The van der Waals surface area contributed by atoms with Crippen molar-refractivity contribution in [3.8, 4) is 5.75 Å². The molecule has 0 aromatic heterocycles. The molecular weight excluding hydrogens is 343 g/mol. The molecule has 0 aliphatic rings. The number of thiocarbonyl (C=S) groups is 1. The maximum atomic E-state index is 12.2. The Hall–Kier alpha value is -1.82. The minimum atomic E-state index is -0.375. The van der Waals surface area contributed by atoms with Crippen LogP contribution in [0.4, 0.5) is 5.69 Å². The highest BCUT2D eigenvalue weighted by Crippen LogP contribution is 2.25. The standard InChI is InChI=1S/C15H12Cl2N2O2S/c1-21-13-5-3-2-4-10(13)14(20)19-15(22)18-12-7-6-9(16)8-11(12)17/h2-8H,1H3,(H2,18,19,20,22). The van der Waals surface area contributed by atoms with Crippen molar-refractivity contribution in [3.63, 3.8) is 0 Å². The van der Waals surface area contributed by atoms with Gasteiger partial charge in [0.05, 0.1) is 23.4 Å². The SMILES string of the molecule is COc1ccccc1C(=O)NC(=S)Nc1ccc(Cl)cc1Cl. The van der Waals surface area contributed by atoms with Gasteiger partial charge in [0.15, 0.2) is 5.11 Å². The molecule has 2 aromatic rings. The van der Waals surface area contributed by atoms with Gasteiger partial charge in [-0.1, -0.05) is 35.3 Å². The van der Waals surface area contributed by atoms with Crippen molar-refractivity contribution in [2.75, 3.05) is 12.4 Å². The van der Waals surface area contributed by atoms with Gasteiger partial charge in [-0.25, -0.2) is 0 Å². The van der Waals surface area contributed by atoms with Crippen LogP contribution in [0.25, 0.3) is 0 Å². The summed E-state index contributed by atoms with van der Waals surface area (Å²) in [6.45, 7) is 0. The summed E-state index contributed by atoms with van der Waals surface area (Å²) in [5.74, 6) is 0.0901. The molecule has 0 bridgehead atoms. The third-order valence-corrected chi connectivity index (χ3v) is 3.51. The van der Waals surface area contributed by atoms with E-state index in [2.05, 4.69) is 10.6 Å². The lowest BCUT2D eigenvalue weighted by Gasteiger charge is -2.12. The Morgan fingerprint density at radius 3 is 2.59 bits per heavy atom. The molecule has 114 valence electrons. The van der Waals surface area contributed by atoms with Crippen molar-refractivity contribution in [3.05, 3.63) is 58.1 Å². The van der Waals surface area contributed by atoms with E-state index in [9.17, 15) is 4.79 Å². The van der Waals surface area contributed by atoms with Gasteiger partial charge in [-0.05, 0) is 42.5 Å². The average molecular weight is 355 g/mol. The number of carbonyl (C=O) groups is 1. The fourth-order valence-corrected chi connectivity index (χ4v) is 2.41. The number of benzene rings is 2. The van der Waals surface area contributed by atoms with Gasteiger partial charge in [-0.2, -0.15) is 0 Å². The third kappa shape index (κ3) is 4.10. The van der Waals surface area contributed by atoms with Crippen LogP contribution in [0, 0.1) is 0 Å². The van der Waals surface area contributed by atoms with Crippen LogP contribution in [0.1, 0.15) is 10.4 Å². The van der Waals surface area contributed by atoms with Crippen molar-refractivity contribution in [2.24, 2.45) is 0 Å². The van der Waals surface area contributed by atoms with E-state index in [1.807, 2.05) is 0 Å². The van der Waals surface area contributed by atoms with Gasteiger partial charge in [-0.15, -0.1) is 0 Å². The lowest BCUT2D eigenvalue weighted by atomic mass is 10.2. The topological polar surface area (TPSA) is 50.4 Å². The van der Waals surface area contributed by atoms with Crippen LogP contribution >= 0.6 is 35.4 Å². The number of amides is 1. The zero-order valence-electron chi connectivity index (χ0n) is 11.5. The van der Waals surface area contributed by atoms with Gasteiger partial charge in [0.2, 0.25) is 0 Å². The maximum absolute atomic E-state index is 12.2. The Kier molecular flexibility index (Phi) is 5.60. The summed E-state index contributed by atoms with van der Waals surface area (Å²) in [4.78, 5) is 12.2. The molecule has 0 heterocycles. The molecule has 2 N–H and O–H groups in total. The van der Waals surface area contributed by atoms with E-state index in [4.69, 9.17) is 40.2 Å². The highest BCUT2D eigenvalue weighted by molar-refractivity contribution is 7.80. The predicted octanol–water partition coefficient (Wildman–Crippen LogP) is 4.13. The molecule has 0 atom stereocenters. The summed E-state index contributed by atoms with van der Waals surface area (Å²) in [6, 6.07) is 11.8. The van der Waals surface area contributed by atoms with Crippen LogP contribution in [0.5, 0.6) is 5.75 Å². The van der Waals surface area contributed by atoms with Crippen molar-refractivity contribution in [1.82, 2.24) is 5.32 Å². The number of anilines is 1. The molecule has 2 aromatic carbocycles.